The van der Waals surface area contributed by atoms with Gasteiger partial charge in [-0.15, -0.1) is 0 Å². The van der Waals surface area contributed by atoms with Crippen LogP contribution in [0.1, 0.15) is 12.8 Å². The van der Waals surface area contributed by atoms with Crippen molar-refractivity contribution in [2.75, 3.05) is 32.0 Å². The van der Waals surface area contributed by atoms with Crippen molar-refractivity contribution in [2.45, 2.75) is 18.9 Å². The quantitative estimate of drug-likeness (QED) is 0.882. The van der Waals surface area contributed by atoms with Crippen molar-refractivity contribution in [3.8, 4) is 0 Å². The van der Waals surface area contributed by atoms with Crippen LogP contribution in [0, 0.1) is 11.6 Å². The van der Waals surface area contributed by atoms with E-state index in [1.165, 1.54) is 6.07 Å². The number of anilines is 1. The third-order valence-electron chi connectivity index (χ3n) is 3.50. The lowest BCUT2D eigenvalue weighted by Crippen LogP contribution is -2.43. The molecule has 1 fully saturated rings. The number of hydrogen-bond donors (Lipinski definition) is 2. The fourth-order valence-corrected chi connectivity index (χ4v) is 2.25. The molecule has 2 rings (SSSR count). The minimum atomic E-state index is -0.766. The maximum atomic E-state index is 13.4. The average molecular weight is 283 g/mol. The van der Waals surface area contributed by atoms with Crippen LogP contribution in [0.5, 0.6) is 0 Å². The second-order valence-corrected chi connectivity index (χ2v) is 5.10. The third-order valence-corrected chi connectivity index (χ3v) is 3.50. The Hall–Kier alpha value is -1.53. The van der Waals surface area contributed by atoms with Gasteiger partial charge in [-0.3, -0.25) is 4.79 Å². The highest BCUT2D eigenvalue weighted by Gasteiger charge is 2.17. The molecule has 1 aromatic rings. The van der Waals surface area contributed by atoms with Crippen molar-refractivity contribution in [2.24, 2.45) is 0 Å². The minimum Gasteiger partial charge on any atom is -0.320 e. The van der Waals surface area contributed by atoms with Gasteiger partial charge in [-0.05, 0) is 45.1 Å². The molecule has 0 unspecified atom stereocenters. The topological polar surface area (TPSA) is 44.4 Å². The highest BCUT2D eigenvalue weighted by atomic mass is 19.1. The molecule has 0 spiro atoms. The summed E-state index contributed by atoms with van der Waals surface area (Å²) in [4.78, 5) is 13.9. The molecule has 1 saturated heterocycles. The zero-order chi connectivity index (χ0) is 14.5. The molecule has 1 aliphatic heterocycles. The molecular weight excluding hydrogens is 264 g/mol. The van der Waals surface area contributed by atoms with Gasteiger partial charge < -0.3 is 15.5 Å². The maximum absolute atomic E-state index is 13.4. The number of nitrogens with zero attached hydrogens (tertiary/aromatic N) is 1. The monoisotopic (exact) mass is 283 g/mol. The highest BCUT2D eigenvalue weighted by molar-refractivity contribution is 5.92. The minimum absolute atomic E-state index is 0.0577. The molecule has 0 aromatic heterocycles. The smallest absolute Gasteiger partial charge is 0.238 e. The van der Waals surface area contributed by atoms with Crippen LogP contribution in [0.3, 0.4) is 0 Å². The van der Waals surface area contributed by atoms with Gasteiger partial charge in [-0.1, -0.05) is 6.07 Å². The van der Waals surface area contributed by atoms with Gasteiger partial charge in [0.05, 0.1) is 6.54 Å². The van der Waals surface area contributed by atoms with E-state index in [-0.39, 0.29) is 18.3 Å². The summed E-state index contributed by atoms with van der Waals surface area (Å²) in [5.74, 6) is -1.97. The molecule has 0 aliphatic carbocycles. The van der Waals surface area contributed by atoms with Crippen molar-refractivity contribution in [3.63, 3.8) is 0 Å². The predicted molar refractivity (Wildman–Crippen MR) is 73.5 cm³/mol. The van der Waals surface area contributed by atoms with Crippen LogP contribution in [-0.4, -0.2) is 43.5 Å². The van der Waals surface area contributed by atoms with Crippen LogP contribution >= 0.6 is 0 Å². The Morgan fingerprint density at radius 1 is 1.30 bits per heavy atom. The molecule has 2 N–H and O–H groups in total. The van der Waals surface area contributed by atoms with Crippen molar-refractivity contribution in [1.82, 2.24) is 10.2 Å². The SMILES string of the molecule is CN1CCC(NCC(=O)Nc2c(F)cccc2F)CC1. The van der Waals surface area contributed by atoms with Crippen LogP contribution < -0.4 is 10.6 Å². The van der Waals surface area contributed by atoms with Crippen LogP contribution in [0.4, 0.5) is 14.5 Å². The number of amides is 1. The lowest BCUT2D eigenvalue weighted by atomic mass is 10.1. The number of para-hydroxylation sites is 1. The molecule has 0 radical (unpaired) electrons. The zero-order valence-electron chi connectivity index (χ0n) is 11.5. The molecule has 1 heterocycles. The summed E-state index contributed by atoms with van der Waals surface area (Å²) in [5.41, 5.74) is -0.386. The van der Waals surface area contributed by atoms with Crippen molar-refractivity contribution >= 4 is 11.6 Å². The molecule has 1 amide bonds. The van der Waals surface area contributed by atoms with Crippen LogP contribution in [0.25, 0.3) is 0 Å². The highest BCUT2D eigenvalue weighted by Crippen LogP contribution is 2.17. The zero-order valence-corrected chi connectivity index (χ0v) is 11.5. The summed E-state index contributed by atoms with van der Waals surface area (Å²) >= 11 is 0. The second kappa shape index (κ2) is 6.76. The molecule has 0 bridgehead atoms. The van der Waals surface area contributed by atoms with Gasteiger partial charge in [-0.25, -0.2) is 8.78 Å². The fourth-order valence-electron chi connectivity index (χ4n) is 2.25. The Morgan fingerprint density at radius 2 is 1.90 bits per heavy atom. The standard InChI is InChI=1S/C14H19F2N3O/c1-19-7-5-10(6-8-19)17-9-13(20)18-14-11(15)3-2-4-12(14)16/h2-4,10,17H,5-9H2,1H3,(H,18,20). The lowest BCUT2D eigenvalue weighted by Gasteiger charge is -2.29. The summed E-state index contributed by atoms with van der Waals surface area (Å²) in [6, 6.07) is 3.77. The number of hydrogen-bond acceptors (Lipinski definition) is 3. The van der Waals surface area contributed by atoms with E-state index in [1.807, 2.05) is 0 Å². The predicted octanol–water partition coefficient (Wildman–Crippen LogP) is 1.59. The lowest BCUT2D eigenvalue weighted by molar-refractivity contribution is -0.115. The molecule has 0 atom stereocenters. The van der Waals surface area contributed by atoms with Crippen molar-refractivity contribution in [3.05, 3.63) is 29.8 Å². The summed E-state index contributed by atoms with van der Waals surface area (Å²) in [7, 11) is 2.06. The number of rotatable bonds is 4. The van der Waals surface area contributed by atoms with Gasteiger partial charge in [0.2, 0.25) is 5.91 Å². The van der Waals surface area contributed by atoms with Gasteiger partial charge in [0.15, 0.2) is 0 Å². The van der Waals surface area contributed by atoms with E-state index in [9.17, 15) is 13.6 Å². The van der Waals surface area contributed by atoms with E-state index in [0.29, 0.717) is 0 Å². The van der Waals surface area contributed by atoms with E-state index >= 15 is 0 Å². The van der Waals surface area contributed by atoms with Gasteiger partial charge in [0.1, 0.15) is 17.3 Å². The molecule has 1 aliphatic rings. The van der Waals surface area contributed by atoms with Crippen LogP contribution in [-0.2, 0) is 4.79 Å². The molecule has 0 saturated carbocycles. The molecule has 20 heavy (non-hydrogen) atoms. The Bertz CT molecular complexity index is 453. The largest absolute Gasteiger partial charge is 0.320 e. The average Bonchev–Trinajstić information content (AvgIpc) is 2.42. The van der Waals surface area contributed by atoms with Gasteiger partial charge >= 0.3 is 0 Å². The Balaban J connectivity index is 1.81. The van der Waals surface area contributed by atoms with Crippen LogP contribution in [0.15, 0.2) is 18.2 Å². The number of piperidine rings is 1. The van der Waals surface area contributed by atoms with E-state index in [0.717, 1.165) is 38.1 Å². The molecule has 1 aromatic carbocycles. The van der Waals surface area contributed by atoms with E-state index in [4.69, 9.17) is 0 Å². The first-order chi connectivity index (χ1) is 9.56. The molecular formula is C14H19F2N3O. The Labute approximate surface area is 117 Å². The van der Waals surface area contributed by atoms with Crippen molar-refractivity contribution < 1.29 is 13.6 Å². The molecule has 6 heteroatoms. The van der Waals surface area contributed by atoms with Gasteiger partial charge in [0, 0.05) is 6.04 Å². The second-order valence-electron chi connectivity index (χ2n) is 5.10. The van der Waals surface area contributed by atoms with Gasteiger partial charge in [-0.2, -0.15) is 0 Å². The number of halogens is 2. The molecule has 4 nitrogen and oxygen atoms in total. The number of nitrogens with one attached hydrogen (secondary N) is 2. The number of carbonyl (C=O) groups is 1. The maximum Gasteiger partial charge on any atom is 0.238 e. The number of benzene rings is 1. The van der Waals surface area contributed by atoms with E-state index < -0.39 is 17.5 Å². The summed E-state index contributed by atoms with van der Waals surface area (Å²) in [6.07, 6.45) is 1.94. The van der Waals surface area contributed by atoms with E-state index in [1.54, 1.807) is 0 Å². The fraction of sp³-hybridized carbons (Fsp3) is 0.500. The van der Waals surface area contributed by atoms with E-state index in [2.05, 4.69) is 22.6 Å². The molecule has 110 valence electrons. The first kappa shape index (κ1) is 14.9. The summed E-state index contributed by atoms with van der Waals surface area (Å²) in [6.45, 7) is 2.03. The summed E-state index contributed by atoms with van der Waals surface area (Å²) < 4.78 is 26.7. The third kappa shape index (κ3) is 3.98. The Kier molecular flexibility index (Phi) is 5.03. The van der Waals surface area contributed by atoms with Crippen molar-refractivity contribution in [1.29, 1.82) is 0 Å². The van der Waals surface area contributed by atoms with Gasteiger partial charge in [0.25, 0.3) is 0 Å². The first-order valence-electron chi connectivity index (χ1n) is 6.72. The number of likely N-dealkylation sites (tertiary alicyclic amines) is 1. The Morgan fingerprint density at radius 3 is 2.50 bits per heavy atom. The summed E-state index contributed by atoms with van der Waals surface area (Å²) in [5, 5.41) is 5.38. The first-order valence-corrected chi connectivity index (χ1v) is 6.72. The normalized spacial score (nSPS) is 17.1. The number of carbonyl (C=O) groups excluding carboxylic acids is 1. The van der Waals surface area contributed by atoms with Crippen LogP contribution in [0.2, 0.25) is 0 Å².